The van der Waals surface area contributed by atoms with E-state index in [0.717, 1.165) is 0 Å². The molecule has 0 heterocycles. The van der Waals surface area contributed by atoms with E-state index in [4.69, 9.17) is 14.2 Å². The number of ether oxygens (including phenoxy) is 3. The largest absolute Gasteiger partial charge is 0.359 e. The summed E-state index contributed by atoms with van der Waals surface area (Å²) in [6.07, 6.45) is 0. The van der Waals surface area contributed by atoms with Crippen LogP contribution >= 0.6 is 0 Å². The van der Waals surface area contributed by atoms with Crippen LogP contribution in [0.2, 0.25) is 0 Å². The Morgan fingerprint density at radius 3 is 2.33 bits per heavy atom. The Kier molecular flexibility index (Phi) is 5.04. The van der Waals surface area contributed by atoms with E-state index in [1.807, 2.05) is 0 Å². The van der Waals surface area contributed by atoms with Gasteiger partial charge in [-0.15, -0.1) is 0 Å². The summed E-state index contributed by atoms with van der Waals surface area (Å²) >= 11 is 0. The molecule has 0 unspecified atom stereocenters. The molecule has 0 atom stereocenters. The zero-order valence-electron chi connectivity index (χ0n) is 8.05. The number of Topliss-reactive ketones (excluding diaryl/α,β-unsaturated/α-hetero) is 1. The molecule has 0 amide bonds. The lowest BCUT2D eigenvalue weighted by molar-refractivity contribution is -0.246. The number of ketones is 1. The van der Waals surface area contributed by atoms with Crippen molar-refractivity contribution in [1.82, 2.24) is 0 Å². The maximum atomic E-state index is 10.6. The standard InChI is InChI=1S/C8H16O4/c1-7(9)5-11-8(2,3)12-6-10-4/h5-6H2,1-4H3. The zero-order chi connectivity index (χ0) is 9.61. The number of rotatable bonds is 6. The van der Waals surface area contributed by atoms with E-state index in [1.165, 1.54) is 14.0 Å². The van der Waals surface area contributed by atoms with Crippen LogP contribution in [0.15, 0.2) is 0 Å². The first kappa shape index (κ1) is 11.6. The summed E-state index contributed by atoms with van der Waals surface area (Å²) in [5.41, 5.74) is 0. The van der Waals surface area contributed by atoms with Crippen molar-refractivity contribution in [3.8, 4) is 0 Å². The molecule has 0 aromatic heterocycles. The van der Waals surface area contributed by atoms with Crippen molar-refractivity contribution in [2.75, 3.05) is 20.5 Å². The summed E-state index contributed by atoms with van der Waals surface area (Å²) < 4.78 is 15.0. The molecule has 0 fully saturated rings. The van der Waals surface area contributed by atoms with Crippen LogP contribution in [-0.2, 0) is 19.0 Å². The summed E-state index contributed by atoms with van der Waals surface area (Å²) in [7, 11) is 1.53. The average molecular weight is 176 g/mol. The molecule has 4 nitrogen and oxygen atoms in total. The molecule has 0 aromatic rings. The molecule has 0 spiro atoms. The second kappa shape index (κ2) is 5.24. The number of hydrogen-bond acceptors (Lipinski definition) is 4. The van der Waals surface area contributed by atoms with Gasteiger partial charge < -0.3 is 14.2 Å². The summed E-state index contributed by atoms with van der Waals surface area (Å²) in [6.45, 7) is 5.15. The fourth-order valence-corrected chi connectivity index (χ4v) is 0.518. The highest BCUT2D eigenvalue weighted by molar-refractivity contribution is 5.76. The lowest BCUT2D eigenvalue weighted by Gasteiger charge is -2.24. The van der Waals surface area contributed by atoms with Gasteiger partial charge in [0.1, 0.15) is 13.4 Å². The minimum atomic E-state index is -0.762. The third-order valence-electron chi connectivity index (χ3n) is 1.15. The molecule has 0 bridgehead atoms. The molecule has 12 heavy (non-hydrogen) atoms. The van der Waals surface area contributed by atoms with Gasteiger partial charge in [0, 0.05) is 7.11 Å². The maximum absolute atomic E-state index is 10.6. The van der Waals surface area contributed by atoms with Crippen LogP contribution < -0.4 is 0 Å². The molecule has 0 saturated carbocycles. The highest BCUT2D eigenvalue weighted by Crippen LogP contribution is 2.10. The second-order valence-corrected chi connectivity index (χ2v) is 2.94. The first-order valence-electron chi connectivity index (χ1n) is 3.74. The molecule has 0 aliphatic rings. The molecule has 0 radical (unpaired) electrons. The van der Waals surface area contributed by atoms with Gasteiger partial charge in [0.15, 0.2) is 11.6 Å². The maximum Gasteiger partial charge on any atom is 0.166 e. The Morgan fingerprint density at radius 1 is 1.33 bits per heavy atom. The molecular formula is C8H16O4. The Morgan fingerprint density at radius 2 is 1.92 bits per heavy atom. The highest BCUT2D eigenvalue weighted by atomic mass is 16.8. The van der Waals surface area contributed by atoms with E-state index in [0.29, 0.717) is 0 Å². The molecule has 0 aliphatic carbocycles. The van der Waals surface area contributed by atoms with Crippen LogP contribution in [0.25, 0.3) is 0 Å². The SMILES string of the molecule is COCOC(C)(C)OCC(C)=O. The Bertz CT molecular complexity index is 142. The fraction of sp³-hybridized carbons (Fsp3) is 0.875. The first-order chi connectivity index (χ1) is 5.48. The van der Waals surface area contributed by atoms with Gasteiger partial charge in [-0.3, -0.25) is 4.79 Å². The van der Waals surface area contributed by atoms with Crippen LogP contribution in [0, 0.1) is 0 Å². The quantitative estimate of drug-likeness (QED) is 0.565. The third-order valence-corrected chi connectivity index (χ3v) is 1.15. The Labute approximate surface area is 72.8 Å². The molecule has 0 saturated heterocycles. The monoisotopic (exact) mass is 176 g/mol. The van der Waals surface area contributed by atoms with Gasteiger partial charge in [-0.05, 0) is 20.8 Å². The molecule has 0 aliphatic heterocycles. The normalized spacial score (nSPS) is 11.7. The van der Waals surface area contributed by atoms with Crippen LogP contribution in [0.5, 0.6) is 0 Å². The van der Waals surface area contributed by atoms with E-state index in [9.17, 15) is 4.79 Å². The van der Waals surface area contributed by atoms with Crippen molar-refractivity contribution in [2.24, 2.45) is 0 Å². The lowest BCUT2D eigenvalue weighted by atomic mass is 10.4. The lowest BCUT2D eigenvalue weighted by Crippen LogP contribution is -2.31. The molecule has 0 aromatic carbocycles. The van der Waals surface area contributed by atoms with Gasteiger partial charge >= 0.3 is 0 Å². The van der Waals surface area contributed by atoms with Gasteiger partial charge in [-0.2, -0.15) is 0 Å². The van der Waals surface area contributed by atoms with Crippen molar-refractivity contribution >= 4 is 5.78 Å². The average Bonchev–Trinajstić information content (AvgIpc) is 1.98. The van der Waals surface area contributed by atoms with E-state index < -0.39 is 5.79 Å². The van der Waals surface area contributed by atoms with Crippen molar-refractivity contribution in [3.05, 3.63) is 0 Å². The first-order valence-corrected chi connectivity index (χ1v) is 3.74. The molecular weight excluding hydrogens is 160 g/mol. The molecule has 4 heteroatoms. The van der Waals surface area contributed by atoms with Crippen LogP contribution in [0.1, 0.15) is 20.8 Å². The van der Waals surface area contributed by atoms with E-state index in [1.54, 1.807) is 13.8 Å². The number of carbonyl (C=O) groups is 1. The fourth-order valence-electron chi connectivity index (χ4n) is 0.518. The van der Waals surface area contributed by atoms with E-state index >= 15 is 0 Å². The smallest absolute Gasteiger partial charge is 0.166 e. The summed E-state index contributed by atoms with van der Waals surface area (Å²) in [4.78, 5) is 10.6. The Hall–Kier alpha value is -0.450. The van der Waals surface area contributed by atoms with Gasteiger partial charge in [-0.1, -0.05) is 0 Å². The number of carbonyl (C=O) groups excluding carboxylic acids is 1. The second-order valence-electron chi connectivity index (χ2n) is 2.94. The summed E-state index contributed by atoms with van der Waals surface area (Å²) in [6, 6.07) is 0. The molecule has 72 valence electrons. The zero-order valence-corrected chi connectivity index (χ0v) is 8.05. The minimum absolute atomic E-state index is 0.0240. The predicted octanol–water partition coefficient (Wildman–Crippen LogP) is 0.949. The highest BCUT2D eigenvalue weighted by Gasteiger charge is 2.19. The van der Waals surface area contributed by atoms with E-state index in [-0.39, 0.29) is 19.2 Å². The number of hydrogen-bond donors (Lipinski definition) is 0. The van der Waals surface area contributed by atoms with Crippen LogP contribution in [0.3, 0.4) is 0 Å². The van der Waals surface area contributed by atoms with Gasteiger partial charge in [0.2, 0.25) is 0 Å². The van der Waals surface area contributed by atoms with Crippen LogP contribution in [-0.4, -0.2) is 32.1 Å². The van der Waals surface area contributed by atoms with Crippen LogP contribution in [0.4, 0.5) is 0 Å². The topological polar surface area (TPSA) is 44.8 Å². The van der Waals surface area contributed by atoms with Gasteiger partial charge in [0.05, 0.1) is 0 Å². The third kappa shape index (κ3) is 6.27. The van der Waals surface area contributed by atoms with Crippen molar-refractivity contribution in [1.29, 1.82) is 0 Å². The number of methoxy groups -OCH3 is 1. The summed E-state index contributed by atoms with van der Waals surface area (Å²) in [5, 5.41) is 0. The van der Waals surface area contributed by atoms with E-state index in [2.05, 4.69) is 0 Å². The predicted molar refractivity (Wildman–Crippen MR) is 43.7 cm³/mol. The van der Waals surface area contributed by atoms with Gasteiger partial charge in [0.25, 0.3) is 0 Å². The summed E-state index contributed by atoms with van der Waals surface area (Å²) in [5.74, 6) is -0.786. The molecule has 0 N–H and O–H groups in total. The van der Waals surface area contributed by atoms with Crippen molar-refractivity contribution in [3.63, 3.8) is 0 Å². The van der Waals surface area contributed by atoms with Gasteiger partial charge in [-0.25, -0.2) is 0 Å². The Balaban J connectivity index is 3.63. The van der Waals surface area contributed by atoms with Crippen molar-refractivity contribution in [2.45, 2.75) is 26.6 Å². The molecule has 0 rings (SSSR count). The minimum Gasteiger partial charge on any atom is -0.359 e. The van der Waals surface area contributed by atoms with Crippen molar-refractivity contribution < 1.29 is 19.0 Å².